The summed E-state index contributed by atoms with van der Waals surface area (Å²) in [6, 6.07) is 10.7. The van der Waals surface area contributed by atoms with Gasteiger partial charge in [0.1, 0.15) is 6.54 Å². The number of aromatic nitrogens is 1. The quantitative estimate of drug-likeness (QED) is 0.615. The number of benzene rings is 2. The van der Waals surface area contributed by atoms with Crippen molar-refractivity contribution in [2.75, 3.05) is 26.2 Å². The zero-order chi connectivity index (χ0) is 22.3. The van der Waals surface area contributed by atoms with Crippen molar-refractivity contribution >= 4 is 27.0 Å². The Morgan fingerprint density at radius 3 is 2.26 bits per heavy atom. The standard InChI is InChI=1S/C22H25N3O5S/c1-15-12-16(2)21(17(3)13-15)31(28,29)24-10-8-23(9-11-24)20(26)14-25-18-6-4-5-7-19(18)30-22(25)27/h4-7,12-13H,8-11,14H2,1-3H3. The number of hydrogen-bond acceptors (Lipinski definition) is 5. The van der Waals surface area contributed by atoms with Crippen LogP contribution in [0.4, 0.5) is 0 Å². The van der Waals surface area contributed by atoms with Gasteiger partial charge in [0.25, 0.3) is 0 Å². The first-order chi connectivity index (χ1) is 14.7. The van der Waals surface area contributed by atoms with Gasteiger partial charge in [-0.25, -0.2) is 13.2 Å². The molecule has 1 amide bonds. The molecule has 9 heteroatoms. The summed E-state index contributed by atoms with van der Waals surface area (Å²) in [4.78, 5) is 26.8. The van der Waals surface area contributed by atoms with Crippen LogP contribution in [0.25, 0.3) is 11.1 Å². The first-order valence-corrected chi connectivity index (χ1v) is 11.6. The summed E-state index contributed by atoms with van der Waals surface area (Å²) in [5, 5.41) is 0. The Kier molecular flexibility index (Phi) is 5.49. The lowest BCUT2D eigenvalue weighted by Gasteiger charge is -2.34. The van der Waals surface area contributed by atoms with Gasteiger partial charge < -0.3 is 9.32 Å². The molecule has 3 aromatic rings. The van der Waals surface area contributed by atoms with Crippen LogP contribution in [0, 0.1) is 20.8 Å². The van der Waals surface area contributed by atoms with E-state index in [4.69, 9.17) is 4.42 Å². The van der Waals surface area contributed by atoms with E-state index in [-0.39, 0.29) is 38.6 Å². The topological polar surface area (TPSA) is 92.8 Å². The Bertz CT molecular complexity index is 1290. The number of sulfonamides is 1. The maximum Gasteiger partial charge on any atom is 0.420 e. The van der Waals surface area contributed by atoms with Gasteiger partial charge in [-0.3, -0.25) is 9.36 Å². The fourth-order valence-electron chi connectivity index (χ4n) is 4.28. The van der Waals surface area contributed by atoms with Gasteiger partial charge in [0.05, 0.1) is 10.4 Å². The molecule has 31 heavy (non-hydrogen) atoms. The molecule has 0 unspecified atom stereocenters. The second-order valence-electron chi connectivity index (χ2n) is 7.93. The van der Waals surface area contributed by atoms with E-state index in [1.54, 1.807) is 43.0 Å². The molecule has 0 radical (unpaired) electrons. The Morgan fingerprint density at radius 2 is 1.61 bits per heavy atom. The molecule has 0 bridgehead atoms. The third-order valence-electron chi connectivity index (χ3n) is 5.66. The second-order valence-corrected chi connectivity index (χ2v) is 9.81. The number of amides is 1. The van der Waals surface area contributed by atoms with Crippen molar-refractivity contribution in [2.45, 2.75) is 32.2 Å². The minimum atomic E-state index is -3.65. The molecule has 1 saturated heterocycles. The minimum absolute atomic E-state index is 0.140. The van der Waals surface area contributed by atoms with E-state index < -0.39 is 15.8 Å². The largest absolute Gasteiger partial charge is 0.420 e. The fraction of sp³-hybridized carbons (Fsp3) is 0.364. The average Bonchev–Trinajstić information content (AvgIpc) is 3.02. The molecule has 1 aromatic heterocycles. The molecular formula is C22H25N3O5S. The van der Waals surface area contributed by atoms with E-state index in [0.717, 1.165) is 16.7 Å². The van der Waals surface area contributed by atoms with E-state index in [2.05, 4.69) is 0 Å². The van der Waals surface area contributed by atoms with Crippen molar-refractivity contribution in [3.63, 3.8) is 0 Å². The smallest absolute Gasteiger partial charge is 0.408 e. The van der Waals surface area contributed by atoms with Crippen LogP contribution < -0.4 is 5.76 Å². The molecule has 1 fully saturated rings. The minimum Gasteiger partial charge on any atom is -0.408 e. The Balaban J connectivity index is 1.48. The lowest BCUT2D eigenvalue weighted by molar-refractivity contribution is -0.133. The zero-order valence-electron chi connectivity index (χ0n) is 17.8. The number of piperazine rings is 1. The van der Waals surface area contributed by atoms with Gasteiger partial charge in [-0.2, -0.15) is 4.31 Å². The van der Waals surface area contributed by atoms with Crippen LogP contribution in [-0.4, -0.2) is 54.3 Å². The lowest BCUT2D eigenvalue weighted by Crippen LogP contribution is -2.51. The van der Waals surface area contributed by atoms with E-state index in [9.17, 15) is 18.0 Å². The maximum atomic E-state index is 13.2. The SMILES string of the molecule is Cc1cc(C)c(S(=O)(=O)N2CCN(C(=O)Cn3c(=O)oc4ccccc43)CC2)c(C)c1. The monoisotopic (exact) mass is 443 g/mol. The van der Waals surface area contributed by atoms with Crippen molar-refractivity contribution in [3.8, 4) is 0 Å². The molecule has 1 aliphatic rings. The third kappa shape index (κ3) is 3.90. The summed E-state index contributed by atoms with van der Waals surface area (Å²) >= 11 is 0. The molecule has 164 valence electrons. The van der Waals surface area contributed by atoms with Gasteiger partial charge in [-0.15, -0.1) is 0 Å². The van der Waals surface area contributed by atoms with Crippen LogP contribution in [0.5, 0.6) is 0 Å². The Morgan fingerprint density at radius 1 is 1.00 bits per heavy atom. The van der Waals surface area contributed by atoms with E-state index in [0.29, 0.717) is 16.0 Å². The van der Waals surface area contributed by atoms with Crippen molar-refractivity contribution in [1.82, 2.24) is 13.8 Å². The summed E-state index contributed by atoms with van der Waals surface area (Å²) in [5.74, 6) is -0.825. The number of fused-ring (bicyclic) bond motifs is 1. The van der Waals surface area contributed by atoms with Gasteiger partial charge in [-0.05, 0) is 44.0 Å². The normalized spacial score (nSPS) is 15.5. The van der Waals surface area contributed by atoms with Gasteiger partial charge in [0.2, 0.25) is 15.9 Å². The third-order valence-corrected chi connectivity index (χ3v) is 7.87. The van der Waals surface area contributed by atoms with Gasteiger partial charge >= 0.3 is 5.76 Å². The predicted molar refractivity (Wildman–Crippen MR) is 116 cm³/mol. The number of nitrogens with zero attached hydrogens (tertiary/aromatic N) is 3. The van der Waals surface area contributed by atoms with E-state index >= 15 is 0 Å². The molecule has 0 aliphatic carbocycles. The number of aryl methyl sites for hydroxylation is 3. The van der Waals surface area contributed by atoms with Crippen LogP contribution in [0.2, 0.25) is 0 Å². The molecule has 0 saturated carbocycles. The Hall–Kier alpha value is -2.91. The summed E-state index contributed by atoms with van der Waals surface area (Å²) in [6.07, 6.45) is 0. The highest BCUT2D eigenvalue weighted by atomic mass is 32.2. The van der Waals surface area contributed by atoms with Gasteiger partial charge in [0.15, 0.2) is 5.58 Å². The van der Waals surface area contributed by atoms with Crippen LogP contribution in [0.3, 0.4) is 0 Å². The maximum absolute atomic E-state index is 13.2. The Labute approximate surface area is 180 Å². The van der Waals surface area contributed by atoms with Crippen molar-refractivity contribution in [3.05, 3.63) is 63.6 Å². The summed E-state index contributed by atoms with van der Waals surface area (Å²) in [6.45, 7) is 6.37. The average molecular weight is 444 g/mol. The number of para-hydroxylation sites is 2. The molecule has 0 N–H and O–H groups in total. The van der Waals surface area contributed by atoms with Crippen molar-refractivity contribution in [1.29, 1.82) is 0 Å². The zero-order valence-corrected chi connectivity index (χ0v) is 18.6. The number of oxazole rings is 1. The number of hydrogen-bond donors (Lipinski definition) is 0. The van der Waals surface area contributed by atoms with Crippen LogP contribution >= 0.6 is 0 Å². The first-order valence-electron chi connectivity index (χ1n) is 10.1. The first kappa shape index (κ1) is 21.3. The predicted octanol–water partition coefficient (Wildman–Crippen LogP) is 2.05. The highest BCUT2D eigenvalue weighted by Crippen LogP contribution is 2.26. The van der Waals surface area contributed by atoms with E-state index in [1.807, 2.05) is 19.1 Å². The molecule has 0 atom stereocenters. The highest BCUT2D eigenvalue weighted by Gasteiger charge is 2.32. The second kappa shape index (κ2) is 7.97. The fourth-order valence-corrected chi connectivity index (χ4v) is 6.11. The molecule has 1 aliphatic heterocycles. The number of carbonyl (C=O) groups is 1. The van der Waals surface area contributed by atoms with Crippen LogP contribution in [0.15, 0.2) is 50.5 Å². The summed E-state index contributed by atoms with van der Waals surface area (Å²) in [5.41, 5.74) is 3.46. The molecule has 8 nitrogen and oxygen atoms in total. The van der Waals surface area contributed by atoms with E-state index in [1.165, 1.54) is 8.87 Å². The highest BCUT2D eigenvalue weighted by molar-refractivity contribution is 7.89. The van der Waals surface area contributed by atoms with Gasteiger partial charge in [-0.1, -0.05) is 29.8 Å². The van der Waals surface area contributed by atoms with Crippen molar-refractivity contribution < 1.29 is 17.6 Å². The summed E-state index contributed by atoms with van der Waals surface area (Å²) < 4.78 is 34.4. The lowest BCUT2D eigenvalue weighted by atomic mass is 10.1. The van der Waals surface area contributed by atoms with Crippen LogP contribution in [0.1, 0.15) is 16.7 Å². The van der Waals surface area contributed by atoms with Crippen molar-refractivity contribution in [2.24, 2.45) is 0 Å². The molecule has 2 heterocycles. The number of carbonyl (C=O) groups excluding carboxylic acids is 1. The molecule has 2 aromatic carbocycles. The molecule has 4 rings (SSSR count). The summed E-state index contributed by atoms with van der Waals surface area (Å²) in [7, 11) is -3.65. The van der Waals surface area contributed by atoms with Gasteiger partial charge in [0, 0.05) is 26.2 Å². The molecule has 0 spiro atoms. The van der Waals surface area contributed by atoms with Crippen LogP contribution in [-0.2, 0) is 21.4 Å². The number of rotatable bonds is 4. The molecular weight excluding hydrogens is 418 g/mol.